The average Bonchev–Trinajstić information content (AvgIpc) is 2.59. The Bertz CT molecular complexity index is 398. The van der Waals surface area contributed by atoms with Crippen LogP contribution < -0.4 is 0 Å². The molecule has 2 rings (SSSR count). The molecule has 0 unspecified atom stereocenters. The van der Waals surface area contributed by atoms with E-state index in [2.05, 4.69) is 19.6 Å². The Morgan fingerprint density at radius 3 is 2.65 bits per heavy atom. The number of rotatable bonds is 6. The molecule has 0 aromatic rings. The van der Waals surface area contributed by atoms with Gasteiger partial charge in [-0.05, 0) is 25.3 Å². The van der Waals surface area contributed by atoms with E-state index in [1.165, 1.54) is 0 Å². The van der Waals surface area contributed by atoms with Gasteiger partial charge in [-0.1, -0.05) is 19.6 Å². The summed E-state index contributed by atoms with van der Waals surface area (Å²) in [6.07, 6.45) is 1.80. The first-order chi connectivity index (χ1) is 9.23. The lowest BCUT2D eigenvalue weighted by molar-refractivity contribution is -0.157. The summed E-state index contributed by atoms with van der Waals surface area (Å²) in [5.41, 5.74) is -0.384. The van der Waals surface area contributed by atoms with Gasteiger partial charge >= 0.3 is 5.97 Å². The molecule has 1 saturated carbocycles. The standard InChI is InChI=1S/C14H25NO4Si/c1-20(2,3)7-6-19-10-15-5-4-14(13(15)18)8-11(9-14)12(16)17/h11H,4-10H2,1-3H3,(H,16,17). The highest BCUT2D eigenvalue weighted by atomic mass is 28.3. The number of amides is 1. The Morgan fingerprint density at radius 1 is 1.45 bits per heavy atom. The van der Waals surface area contributed by atoms with Crippen LogP contribution in [0.15, 0.2) is 0 Å². The molecule has 1 spiro atoms. The zero-order chi connectivity index (χ0) is 15.0. The number of hydrogen-bond acceptors (Lipinski definition) is 3. The molecule has 1 heterocycles. The highest BCUT2D eigenvalue weighted by Gasteiger charge is 2.56. The van der Waals surface area contributed by atoms with E-state index in [0.29, 0.717) is 32.7 Å². The molecule has 2 fully saturated rings. The zero-order valence-electron chi connectivity index (χ0n) is 12.6. The number of aliphatic carboxylic acids is 1. The molecule has 20 heavy (non-hydrogen) atoms. The Balaban J connectivity index is 1.74. The number of carboxylic acid groups (broad SMARTS) is 1. The molecule has 5 nitrogen and oxygen atoms in total. The Labute approximate surface area is 121 Å². The lowest BCUT2D eigenvalue weighted by Crippen LogP contribution is -2.47. The fourth-order valence-corrected chi connectivity index (χ4v) is 3.76. The van der Waals surface area contributed by atoms with Crippen LogP contribution in [0.5, 0.6) is 0 Å². The number of likely N-dealkylation sites (tertiary alicyclic amines) is 1. The van der Waals surface area contributed by atoms with Gasteiger partial charge in [-0.15, -0.1) is 0 Å². The Hall–Kier alpha value is -0.883. The van der Waals surface area contributed by atoms with Crippen molar-refractivity contribution in [3.63, 3.8) is 0 Å². The molecule has 0 atom stereocenters. The summed E-state index contributed by atoms with van der Waals surface area (Å²) in [4.78, 5) is 25.0. The lowest BCUT2D eigenvalue weighted by atomic mass is 9.61. The molecule has 1 aliphatic heterocycles. The summed E-state index contributed by atoms with van der Waals surface area (Å²) in [5, 5.41) is 8.93. The molecule has 1 saturated heterocycles. The van der Waals surface area contributed by atoms with E-state index in [4.69, 9.17) is 9.84 Å². The van der Waals surface area contributed by atoms with Crippen LogP contribution in [-0.4, -0.2) is 49.8 Å². The number of carbonyl (C=O) groups excluding carboxylic acids is 1. The van der Waals surface area contributed by atoms with Crippen LogP contribution >= 0.6 is 0 Å². The van der Waals surface area contributed by atoms with Crippen molar-refractivity contribution in [3.8, 4) is 0 Å². The number of ether oxygens (including phenoxy) is 1. The average molecular weight is 299 g/mol. The molecule has 1 aliphatic carbocycles. The molecule has 6 heteroatoms. The van der Waals surface area contributed by atoms with Gasteiger partial charge in [0.1, 0.15) is 6.73 Å². The molecule has 1 amide bonds. The maximum Gasteiger partial charge on any atom is 0.306 e. The maximum absolute atomic E-state index is 12.3. The molecule has 0 aromatic carbocycles. The fraction of sp³-hybridized carbons (Fsp3) is 0.857. The summed E-state index contributed by atoms with van der Waals surface area (Å²) in [7, 11) is -1.09. The summed E-state index contributed by atoms with van der Waals surface area (Å²) >= 11 is 0. The largest absolute Gasteiger partial charge is 0.481 e. The van der Waals surface area contributed by atoms with E-state index >= 15 is 0 Å². The molecule has 0 radical (unpaired) electrons. The highest BCUT2D eigenvalue weighted by molar-refractivity contribution is 6.76. The quantitative estimate of drug-likeness (QED) is 0.602. The lowest BCUT2D eigenvalue weighted by Gasteiger charge is -2.41. The van der Waals surface area contributed by atoms with Crippen LogP contribution in [0.25, 0.3) is 0 Å². The fourth-order valence-electron chi connectivity index (χ4n) is 3.01. The third-order valence-corrected chi connectivity index (χ3v) is 6.17. The summed E-state index contributed by atoms with van der Waals surface area (Å²) in [6, 6.07) is 1.10. The van der Waals surface area contributed by atoms with Crippen molar-refractivity contribution in [2.24, 2.45) is 11.3 Å². The Morgan fingerprint density at radius 2 is 2.10 bits per heavy atom. The molecule has 2 aliphatic rings. The molecule has 0 aromatic heterocycles. The SMILES string of the molecule is C[Si](C)(C)CCOCN1CCC2(CC(C(=O)O)C2)C1=O. The molecule has 0 bridgehead atoms. The van der Waals surface area contributed by atoms with Crippen molar-refractivity contribution in [1.82, 2.24) is 4.90 Å². The normalized spacial score (nSPS) is 29.9. The number of carbonyl (C=O) groups is 2. The summed E-state index contributed by atoms with van der Waals surface area (Å²) in [6.45, 7) is 8.68. The van der Waals surface area contributed by atoms with Crippen LogP contribution in [0.2, 0.25) is 25.7 Å². The van der Waals surface area contributed by atoms with E-state index in [0.717, 1.165) is 12.5 Å². The minimum Gasteiger partial charge on any atom is -0.481 e. The molecular formula is C14H25NO4Si. The first-order valence-electron chi connectivity index (χ1n) is 7.33. The van der Waals surface area contributed by atoms with Gasteiger partial charge < -0.3 is 14.7 Å². The van der Waals surface area contributed by atoms with Crippen molar-refractivity contribution in [3.05, 3.63) is 0 Å². The van der Waals surface area contributed by atoms with Gasteiger partial charge in [0, 0.05) is 21.2 Å². The summed E-state index contributed by atoms with van der Waals surface area (Å²) in [5.74, 6) is -0.997. The van der Waals surface area contributed by atoms with Crippen LogP contribution in [0.3, 0.4) is 0 Å². The predicted octanol–water partition coefficient (Wildman–Crippen LogP) is 2.01. The van der Waals surface area contributed by atoms with Crippen LogP contribution in [0, 0.1) is 11.3 Å². The van der Waals surface area contributed by atoms with Gasteiger partial charge in [0.05, 0.1) is 11.3 Å². The zero-order valence-corrected chi connectivity index (χ0v) is 13.6. The van der Waals surface area contributed by atoms with E-state index in [1.807, 2.05) is 0 Å². The minimum absolute atomic E-state index is 0.100. The second-order valence-electron chi connectivity index (χ2n) is 7.39. The van der Waals surface area contributed by atoms with E-state index < -0.39 is 14.0 Å². The van der Waals surface area contributed by atoms with Gasteiger partial charge in [-0.3, -0.25) is 9.59 Å². The maximum atomic E-state index is 12.3. The number of carboxylic acids is 1. The van der Waals surface area contributed by atoms with E-state index in [-0.39, 0.29) is 17.2 Å². The van der Waals surface area contributed by atoms with Crippen LogP contribution in [0.4, 0.5) is 0 Å². The predicted molar refractivity (Wildman–Crippen MR) is 78.1 cm³/mol. The van der Waals surface area contributed by atoms with E-state index in [1.54, 1.807) is 4.90 Å². The third-order valence-electron chi connectivity index (χ3n) is 4.47. The van der Waals surface area contributed by atoms with Gasteiger partial charge in [0.15, 0.2) is 0 Å². The Kier molecular flexibility index (Phi) is 4.25. The second-order valence-corrected chi connectivity index (χ2v) is 13.0. The highest BCUT2D eigenvalue weighted by Crippen LogP contribution is 2.52. The van der Waals surface area contributed by atoms with Gasteiger partial charge in [-0.2, -0.15) is 0 Å². The monoisotopic (exact) mass is 299 g/mol. The van der Waals surface area contributed by atoms with Gasteiger partial charge in [0.2, 0.25) is 5.91 Å². The van der Waals surface area contributed by atoms with Crippen LogP contribution in [0.1, 0.15) is 19.3 Å². The smallest absolute Gasteiger partial charge is 0.306 e. The minimum atomic E-state index is -1.09. The van der Waals surface area contributed by atoms with Crippen molar-refractivity contribution < 1.29 is 19.4 Å². The van der Waals surface area contributed by atoms with Crippen molar-refractivity contribution in [1.29, 1.82) is 0 Å². The van der Waals surface area contributed by atoms with Crippen molar-refractivity contribution in [2.75, 3.05) is 19.9 Å². The van der Waals surface area contributed by atoms with Crippen molar-refractivity contribution in [2.45, 2.75) is 44.9 Å². The second kappa shape index (κ2) is 5.48. The van der Waals surface area contributed by atoms with E-state index in [9.17, 15) is 9.59 Å². The first-order valence-corrected chi connectivity index (χ1v) is 11.0. The summed E-state index contributed by atoms with van der Waals surface area (Å²) < 4.78 is 5.62. The molecule has 114 valence electrons. The topological polar surface area (TPSA) is 66.8 Å². The molecule has 1 N–H and O–H groups in total. The first kappa shape index (κ1) is 15.5. The number of nitrogens with zero attached hydrogens (tertiary/aromatic N) is 1. The van der Waals surface area contributed by atoms with Crippen LogP contribution in [-0.2, 0) is 14.3 Å². The molecular weight excluding hydrogens is 274 g/mol. The number of hydrogen-bond donors (Lipinski definition) is 1. The van der Waals surface area contributed by atoms with Gasteiger partial charge in [-0.25, -0.2) is 0 Å². The third kappa shape index (κ3) is 3.23. The van der Waals surface area contributed by atoms with Gasteiger partial charge in [0.25, 0.3) is 0 Å². The van der Waals surface area contributed by atoms with Crippen molar-refractivity contribution >= 4 is 20.0 Å².